The molecule has 0 unspecified atom stereocenters. The van der Waals surface area contributed by atoms with Crippen molar-refractivity contribution in [2.45, 2.75) is 52.4 Å². The standard InChI is InChI=1S/C38H34N4O/c1-37(2,3)23-10-15-33-29(20-23)27-14-12-25(22-31(27)35-39-16-18-41(33)35)43-24-11-13-26-28-8-7-9-32(38(4,5)6)34(28)42-19-17-40-36(42)30(26)21-24/h7-22H,1-6H3. The van der Waals surface area contributed by atoms with E-state index >= 15 is 0 Å². The topological polar surface area (TPSA) is 43.8 Å². The van der Waals surface area contributed by atoms with Crippen molar-refractivity contribution in [3.63, 3.8) is 0 Å². The predicted molar refractivity (Wildman–Crippen MR) is 178 cm³/mol. The summed E-state index contributed by atoms with van der Waals surface area (Å²) < 4.78 is 11.0. The number of benzene rings is 4. The van der Waals surface area contributed by atoms with Crippen molar-refractivity contribution in [2.75, 3.05) is 0 Å². The number of hydrogen-bond acceptors (Lipinski definition) is 3. The lowest BCUT2D eigenvalue weighted by atomic mass is 9.85. The van der Waals surface area contributed by atoms with Crippen LogP contribution in [0.1, 0.15) is 52.7 Å². The number of imidazole rings is 2. The summed E-state index contributed by atoms with van der Waals surface area (Å²) in [6.07, 6.45) is 7.86. The van der Waals surface area contributed by atoms with Gasteiger partial charge in [0.2, 0.25) is 0 Å². The van der Waals surface area contributed by atoms with Crippen LogP contribution in [0, 0.1) is 0 Å². The molecule has 0 fully saturated rings. The summed E-state index contributed by atoms with van der Waals surface area (Å²) in [4.78, 5) is 9.52. The maximum absolute atomic E-state index is 6.55. The molecule has 0 spiro atoms. The van der Waals surface area contributed by atoms with Crippen LogP contribution in [0.25, 0.3) is 54.6 Å². The fourth-order valence-electron chi connectivity index (χ4n) is 6.58. The van der Waals surface area contributed by atoms with Gasteiger partial charge in [-0.05, 0) is 81.3 Å². The van der Waals surface area contributed by atoms with E-state index in [9.17, 15) is 0 Å². The van der Waals surface area contributed by atoms with Crippen LogP contribution in [0.5, 0.6) is 11.5 Å². The number of pyridine rings is 2. The molecule has 212 valence electrons. The third kappa shape index (κ3) is 3.91. The minimum atomic E-state index is 0.00340. The van der Waals surface area contributed by atoms with Gasteiger partial charge < -0.3 is 4.74 Å². The largest absolute Gasteiger partial charge is 0.457 e. The number of para-hydroxylation sites is 1. The summed E-state index contributed by atoms with van der Waals surface area (Å²) in [6, 6.07) is 26.1. The fourth-order valence-corrected chi connectivity index (χ4v) is 6.58. The molecule has 0 N–H and O–H groups in total. The van der Waals surface area contributed by atoms with Crippen LogP contribution in [-0.4, -0.2) is 18.8 Å². The Bertz CT molecular complexity index is 2350. The number of hydrogen-bond donors (Lipinski definition) is 0. The molecule has 5 heteroatoms. The molecule has 0 saturated carbocycles. The first-order chi connectivity index (χ1) is 20.6. The van der Waals surface area contributed by atoms with Crippen LogP contribution in [0.2, 0.25) is 0 Å². The average Bonchev–Trinajstić information content (AvgIpc) is 3.67. The summed E-state index contributed by atoms with van der Waals surface area (Å²) in [5, 5.41) is 6.91. The maximum atomic E-state index is 6.55. The summed E-state index contributed by atoms with van der Waals surface area (Å²) in [7, 11) is 0. The zero-order valence-corrected chi connectivity index (χ0v) is 25.4. The van der Waals surface area contributed by atoms with Crippen molar-refractivity contribution in [3.8, 4) is 11.5 Å². The SMILES string of the molecule is CC(C)(C)c1ccc2c(c1)c1ccc(Oc3ccc4c(c3)c3nccn3c3c(C(C)(C)C)cccc43)cc1c1nccn21. The van der Waals surface area contributed by atoms with Gasteiger partial charge in [-0.3, -0.25) is 8.80 Å². The molecule has 0 amide bonds. The molecule has 4 heterocycles. The molecule has 43 heavy (non-hydrogen) atoms. The molecule has 0 aliphatic heterocycles. The Labute approximate surface area is 250 Å². The molecule has 8 aromatic rings. The van der Waals surface area contributed by atoms with Crippen LogP contribution in [-0.2, 0) is 10.8 Å². The normalized spacial score (nSPS) is 12.9. The highest BCUT2D eigenvalue weighted by atomic mass is 16.5. The van der Waals surface area contributed by atoms with Crippen LogP contribution in [0.3, 0.4) is 0 Å². The van der Waals surface area contributed by atoms with Crippen molar-refractivity contribution in [3.05, 3.63) is 109 Å². The molecular formula is C38H34N4O. The van der Waals surface area contributed by atoms with Gasteiger partial charge in [-0.25, -0.2) is 9.97 Å². The molecule has 0 atom stereocenters. The Morgan fingerprint density at radius 2 is 1.19 bits per heavy atom. The number of rotatable bonds is 2. The lowest BCUT2D eigenvalue weighted by Gasteiger charge is -2.23. The first kappa shape index (κ1) is 25.8. The van der Waals surface area contributed by atoms with E-state index < -0.39 is 0 Å². The van der Waals surface area contributed by atoms with E-state index in [1.165, 1.54) is 38.2 Å². The Morgan fingerprint density at radius 3 is 1.84 bits per heavy atom. The van der Waals surface area contributed by atoms with Crippen LogP contribution >= 0.6 is 0 Å². The van der Waals surface area contributed by atoms with Gasteiger partial charge in [0.25, 0.3) is 0 Å². The van der Waals surface area contributed by atoms with Crippen molar-refractivity contribution in [1.82, 2.24) is 18.8 Å². The van der Waals surface area contributed by atoms with E-state index in [4.69, 9.17) is 14.7 Å². The first-order valence-electron chi connectivity index (χ1n) is 14.9. The Hall–Kier alpha value is -4.90. The lowest BCUT2D eigenvalue weighted by Crippen LogP contribution is -2.13. The molecule has 4 aromatic heterocycles. The number of aromatic nitrogens is 4. The van der Waals surface area contributed by atoms with Gasteiger partial charge in [-0.15, -0.1) is 0 Å². The zero-order chi connectivity index (χ0) is 29.7. The van der Waals surface area contributed by atoms with Gasteiger partial charge in [-0.2, -0.15) is 0 Å². The van der Waals surface area contributed by atoms with Crippen molar-refractivity contribution < 1.29 is 4.74 Å². The zero-order valence-electron chi connectivity index (χ0n) is 25.4. The fraction of sp³-hybridized carbons (Fsp3) is 0.211. The molecule has 8 rings (SSSR count). The Balaban J connectivity index is 1.29. The highest BCUT2D eigenvalue weighted by Crippen LogP contribution is 2.39. The highest BCUT2D eigenvalue weighted by molar-refractivity contribution is 6.13. The molecule has 0 aliphatic rings. The molecule has 0 bridgehead atoms. The predicted octanol–water partition coefficient (Wildman–Crippen LogP) is 9.98. The Kier molecular flexibility index (Phi) is 5.28. The molecule has 5 nitrogen and oxygen atoms in total. The van der Waals surface area contributed by atoms with Gasteiger partial charge in [0.1, 0.15) is 22.8 Å². The molecule has 4 aromatic carbocycles. The van der Waals surface area contributed by atoms with Crippen LogP contribution in [0.4, 0.5) is 0 Å². The summed E-state index contributed by atoms with van der Waals surface area (Å²) in [5.74, 6) is 1.55. The maximum Gasteiger partial charge on any atom is 0.145 e. The second-order valence-electron chi connectivity index (χ2n) is 13.7. The first-order valence-corrected chi connectivity index (χ1v) is 14.9. The molecule has 0 saturated heterocycles. The van der Waals surface area contributed by atoms with E-state index in [0.717, 1.165) is 39.1 Å². The number of ether oxygens (including phenoxy) is 1. The summed E-state index contributed by atoms with van der Waals surface area (Å²) in [6.45, 7) is 13.6. The van der Waals surface area contributed by atoms with Crippen LogP contribution in [0.15, 0.2) is 97.6 Å². The highest BCUT2D eigenvalue weighted by Gasteiger charge is 2.21. The monoisotopic (exact) mass is 562 g/mol. The third-order valence-electron chi connectivity index (χ3n) is 8.77. The minimum absolute atomic E-state index is 0.00340. The second kappa shape index (κ2) is 8.81. The van der Waals surface area contributed by atoms with Crippen molar-refractivity contribution >= 4 is 54.6 Å². The quantitative estimate of drug-likeness (QED) is 0.197. The van der Waals surface area contributed by atoms with Gasteiger partial charge in [-0.1, -0.05) is 65.8 Å². The summed E-state index contributed by atoms with van der Waals surface area (Å²) >= 11 is 0. The van der Waals surface area contributed by atoms with Crippen molar-refractivity contribution in [1.29, 1.82) is 0 Å². The number of nitrogens with zero attached hydrogens (tertiary/aromatic N) is 4. The van der Waals surface area contributed by atoms with Gasteiger partial charge in [0.15, 0.2) is 0 Å². The second-order valence-corrected chi connectivity index (χ2v) is 13.7. The minimum Gasteiger partial charge on any atom is -0.457 e. The average molecular weight is 563 g/mol. The van der Waals surface area contributed by atoms with E-state index in [1.54, 1.807) is 0 Å². The number of fused-ring (bicyclic) bond motifs is 12. The van der Waals surface area contributed by atoms with E-state index in [2.05, 4.69) is 129 Å². The molecular weight excluding hydrogens is 528 g/mol. The van der Waals surface area contributed by atoms with E-state index in [0.29, 0.717) is 0 Å². The van der Waals surface area contributed by atoms with E-state index in [1.807, 2.05) is 18.6 Å². The van der Waals surface area contributed by atoms with E-state index in [-0.39, 0.29) is 10.8 Å². The van der Waals surface area contributed by atoms with Gasteiger partial charge >= 0.3 is 0 Å². The van der Waals surface area contributed by atoms with Crippen molar-refractivity contribution in [2.24, 2.45) is 0 Å². The Morgan fingerprint density at radius 1 is 0.558 bits per heavy atom. The lowest BCUT2D eigenvalue weighted by molar-refractivity contribution is 0.484. The summed E-state index contributed by atoms with van der Waals surface area (Å²) in [5.41, 5.74) is 6.90. The molecule has 0 aliphatic carbocycles. The van der Waals surface area contributed by atoms with Gasteiger partial charge in [0.05, 0.1) is 11.0 Å². The molecule has 0 radical (unpaired) electrons. The van der Waals surface area contributed by atoms with Gasteiger partial charge in [0, 0.05) is 46.3 Å². The smallest absolute Gasteiger partial charge is 0.145 e. The third-order valence-corrected chi connectivity index (χ3v) is 8.77. The van der Waals surface area contributed by atoms with Crippen LogP contribution < -0.4 is 4.74 Å².